The molecule has 0 saturated carbocycles. The molecule has 0 atom stereocenters. The van der Waals surface area contributed by atoms with Gasteiger partial charge in [-0.05, 0) is 12.8 Å². The third kappa shape index (κ3) is 8.26. The van der Waals surface area contributed by atoms with Gasteiger partial charge in [-0.25, -0.2) is 0 Å². The quantitative estimate of drug-likeness (QED) is 0.336. The van der Waals surface area contributed by atoms with E-state index in [0.29, 0.717) is 0 Å². The maximum atomic E-state index is 2.52. The molecule has 0 N–H and O–H groups in total. The minimum absolute atomic E-state index is 1.26. The summed E-state index contributed by atoms with van der Waals surface area (Å²) >= 11 is 0. The summed E-state index contributed by atoms with van der Waals surface area (Å²) in [6.45, 7) is 7.16. The second-order valence-electron chi connectivity index (χ2n) is 6.75. The van der Waals surface area contributed by atoms with E-state index in [1.165, 1.54) is 63.0 Å². The molecule has 0 spiro atoms. The van der Waals surface area contributed by atoms with Crippen molar-refractivity contribution in [3.8, 4) is 0 Å². The fourth-order valence-corrected chi connectivity index (χ4v) is 4.74. The summed E-state index contributed by atoms with van der Waals surface area (Å²) in [5, 5.41) is 1.54. The normalized spacial score (nSPS) is 12.1. The van der Waals surface area contributed by atoms with Crippen molar-refractivity contribution in [1.29, 1.82) is 0 Å². The number of benzene rings is 1. The molecule has 0 saturated heterocycles. The second-order valence-corrected chi connectivity index (χ2v) is 11.1. The van der Waals surface area contributed by atoms with Gasteiger partial charge < -0.3 is 0 Å². The molecule has 1 heteroatoms. The Morgan fingerprint density at radius 2 is 1.38 bits per heavy atom. The zero-order valence-electron chi connectivity index (χ0n) is 14.4. The summed E-state index contributed by atoms with van der Waals surface area (Å²) in [7, 11) is -1.35. The van der Waals surface area contributed by atoms with Crippen molar-refractivity contribution in [3.05, 3.63) is 42.1 Å². The highest BCUT2D eigenvalue weighted by Gasteiger charge is 2.18. The molecule has 0 amide bonds. The van der Waals surface area contributed by atoms with Crippen LogP contribution in [-0.2, 0) is 0 Å². The van der Waals surface area contributed by atoms with Crippen LogP contribution in [0.5, 0.6) is 0 Å². The van der Waals surface area contributed by atoms with Gasteiger partial charge in [-0.15, -0.1) is 0 Å². The van der Waals surface area contributed by atoms with Gasteiger partial charge in [0, 0.05) is 0 Å². The second kappa shape index (κ2) is 10.8. The van der Waals surface area contributed by atoms with E-state index in [2.05, 4.69) is 62.1 Å². The van der Waals surface area contributed by atoms with Gasteiger partial charge in [-0.3, -0.25) is 0 Å². The monoisotopic (exact) mass is 302 g/mol. The lowest BCUT2D eigenvalue weighted by atomic mass is 10.1. The van der Waals surface area contributed by atoms with E-state index in [1.54, 1.807) is 0 Å². The van der Waals surface area contributed by atoms with Crippen LogP contribution >= 0.6 is 0 Å². The molecule has 0 heterocycles. The van der Waals surface area contributed by atoms with Crippen LogP contribution in [0.1, 0.15) is 64.7 Å². The first kappa shape index (κ1) is 18.2. The van der Waals surface area contributed by atoms with Gasteiger partial charge in [0.1, 0.15) is 8.07 Å². The highest BCUT2D eigenvalue weighted by atomic mass is 28.3. The Hall–Kier alpha value is -0.823. The molecule has 21 heavy (non-hydrogen) atoms. The molecule has 0 fully saturated rings. The predicted molar refractivity (Wildman–Crippen MR) is 99.9 cm³/mol. The van der Waals surface area contributed by atoms with Crippen LogP contribution in [0.15, 0.2) is 42.1 Å². The van der Waals surface area contributed by atoms with Crippen molar-refractivity contribution in [2.24, 2.45) is 0 Å². The van der Waals surface area contributed by atoms with Crippen molar-refractivity contribution in [1.82, 2.24) is 0 Å². The lowest BCUT2D eigenvalue weighted by molar-refractivity contribution is 0.577. The maximum absolute atomic E-state index is 2.52. The van der Waals surface area contributed by atoms with Crippen molar-refractivity contribution in [2.75, 3.05) is 0 Å². The molecule has 118 valence electrons. The Labute approximate surface area is 133 Å². The zero-order valence-corrected chi connectivity index (χ0v) is 15.4. The molecule has 0 radical (unpaired) electrons. The molecule has 1 rings (SSSR count). The van der Waals surface area contributed by atoms with E-state index < -0.39 is 8.07 Å². The van der Waals surface area contributed by atoms with Gasteiger partial charge in [0.05, 0.1) is 0 Å². The van der Waals surface area contributed by atoms with E-state index in [9.17, 15) is 0 Å². The fourth-order valence-electron chi connectivity index (χ4n) is 2.74. The molecule has 1 aromatic rings. The van der Waals surface area contributed by atoms with Gasteiger partial charge in [-0.2, -0.15) is 0 Å². The lowest BCUT2D eigenvalue weighted by Crippen LogP contribution is -2.39. The van der Waals surface area contributed by atoms with Crippen molar-refractivity contribution in [3.63, 3.8) is 0 Å². The van der Waals surface area contributed by atoms with Crippen LogP contribution in [0.4, 0.5) is 0 Å². The Bertz CT molecular complexity index is 378. The average Bonchev–Trinajstić information content (AvgIpc) is 2.50. The van der Waals surface area contributed by atoms with Gasteiger partial charge in [0.15, 0.2) is 0 Å². The van der Waals surface area contributed by atoms with Gasteiger partial charge in [-0.1, -0.05) is 112 Å². The number of unbranched alkanes of at least 4 members (excludes halogenated alkanes) is 8. The summed E-state index contributed by atoms with van der Waals surface area (Å²) in [6.07, 6.45) is 15.0. The highest BCUT2D eigenvalue weighted by Crippen LogP contribution is 2.11. The summed E-state index contributed by atoms with van der Waals surface area (Å²) in [6, 6.07) is 11.0. The molecule has 0 aromatic heterocycles. The lowest BCUT2D eigenvalue weighted by Gasteiger charge is -2.18. The van der Waals surface area contributed by atoms with Crippen molar-refractivity contribution < 1.29 is 0 Å². The molecular weight excluding hydrogens is 268 g/mol. The Kier molecular flexibility index (Phi) is 9.41. The SMILES string of the molecule is CCCCCCCCCC/C=C/[Si](C)(C)c1ccccc1. The summed E-state index contributed by atoms with van der Waals surface area (Å²) in [5.41, 5.74) is 2.52. The minimum Gasteiger partial charge on any atom is -0.0943 e. The van der Waals surface area contributed by atoms with E-state index in [4.69, 9.17) is 0 Å². The van der Waals surface area contributed by atoms with E-state index in [1.807, 2.05) is 0 Å². The summed E-state index contributed by atoms with van der Waals surface area (Å²) < 4.78 is 0. The predicted octanol–water partition coefficient (Wildman–Crippen LogP) is 6.23. The number of hydrogen-bond donors (Lipinski definition) is 0. The van der Waals surface area contributed by atoms with Crippen molar-refractivity contribution >= 4 is 13.3 Å². The standard InChI is InChI=1S/C20H34Si/c1-4-5-6-7-8-9-10-11-12-16-19-21(2,3)20-17-14-13-15-18-20/h13-19H,4-12H2,1-3H3/b19-16+. The van der Waals surface area contributed by atoms with Crippen LogP contribution in [0.2, 0.25) is 13.1 Å². The van der Waals surface area contributed by atoms with E-state index >= 15 is 0 Å². The van der Waals surface area contributed by atoms with Gasteiger partial charge in [0.25, 0.3) is 0 Å². The summed E-state index contributed by atoms with van der Waals surface area (Å²) in [5.74, 6) is 0. The van der Waals surface area contributed by atoms with Crippen LogP contribution in [0.3, 0.4) is 0 Å². The topological polar surface area (TPSA) is 0 Å². The Morgan fingerprint density at radius 1 is 0.810 bits per heavy atom. The van der Waals surface area contributed by atoms with Crippen LogP contribution in [0.25, 0.3) is 0 Å². The molecule has 0 aliphatic carbocycles. The first-order chi connectivity index (χ1) is 10.2. The molecule has 0 nitrogen and oxygen atoms in total. The molecule has 0 unspecified atom stereocenters. The third-order valence-electron chi connectivity index (χ3n) is 4.28. The highest BCUT2D eigenvalue weighted by molar-refractivity contribution is 6.93. The molecular formula is C20H34Si. The fraction of sp³-hybridized carbons (Fsp3) is 0.600. The Morgan fingerprint density at radius 3 is 2.00 bits per heavy atom. The average molecular weight is 303 g/mol. The van der Waals surface area contributed by atoms with Crippen LogP contribution in [-0.4, -0.2) is 8.07 Å². The largest absolute Gasteiger partial charge is 0.103 e. The molecule has 0 aliphatic heterocycles. The molecule has 0 aliphatic rings. The molecule has 1 aromatic carbocycles. The first-order valence-electron chi connectivity index (χ1n) is 8.90. The summed E-state index contributed by atoms with van der Waals surface area (Å²) in [4.78, 5) is 0. The van der Waals surface area contributed by atoms with Crippen molar-refractivity contribution in [2.45, 2.75) is 77.8 Å². The number of rotatable bonds is 11. The van der Waals surface area contributed by atoms with Crippen LogP contribution < -0.4 is 5.19 Å². The Balaban J connectivity index is 2.12. The smallest absolute Gasteiger partial charge is 0.0943 e. The first-order valence-corrected chi connectivity index (χ1v) is 12.0. The maximum Gasteiger partial charge on any atom is 0.103 e. The third-order valence-corrected chi connectivity index (χ3v) is 7.17. The molecule has 0 bridgehead atoms. The van der Waals surface area contributed by atoms with E-state index in [0.717, 1.165) is 0 Å². The minimum atomic E-state index is -1.35. The van der Waals surface area contributed by atoms with Crippen LogP contribution in [0, 0.1) is 0 Å². The zero-order chi connectivity index (χ0) is 15.4. The number of allylic oxidation sites excluding steroid dienone is 1. The number of hydrogen-bond acceptors (Lipinski definition) is 0. The van der Waals surface area contributed by atoms with Gasteiger partial charge >= 0.3 is 0 Å². The van der Waals surface area contributed by atoms with Gasteiger partial charge in [0.2, 0.25) is 0 Å². The van der Waals surface area contributed by atoms with E-state index in [-0.39, 0.29) is 0 Å².